The van der Waals surface area contributed by atoms with Crippen molar-refractivity contribution in [1.29, 1.82) is 0 Å². The predicted octanol–water partition coefficient (Wildman–Crippen LogP) is 5.75. The number of carbonyl (C=O) groups is 1. The summed E-state index contributed by atoms with van der Waals surface area (Å²) in [6, 6.07) is 18.9. The van der Waals surface area contributed by atoms with Gasteiger partial charge in [0, 0.05) is 28.0 Å². The van der Waals surface area contributed by atoms with E-state index in [1.165, 1.54) is 11.1 Å². The van der Waals surface area contributed by atoms with Crippen LogP contribution in [-0.4, -0.2) is 27.7 Å². The molecule has 0 radical (unpaired) electrons. The Labute approximate surface area is 217 Å². The van der Waals surface area contributed by atoms with Gasteiger partial charge in [-0.05, 0) is 56.2 Å². The zero-order chi connectivity index (χ0) is 25.6. The third-order valence-electron chi connectivity index (χ3n) is 8.19. The van der Waals surface area contributed by atoms with E-state index in [9.17, 15) is 4.79 Å². The molecule has 0 fully saturated rings. The molecule has 0 saturated heterocycles. The number of ether oxygens (including phenoxy) is 1. The number of hydrogen-bond acceptors (Lipinski definition) is 6. The van der Waals surface area contributed by atoms with E-state index < -0.39 is 0 Å². The molecule has 6 nitrogen and oxygen atoms in total. The van der Waals surface area contributed by atoms with Gasteiger partial charge >= 0.3 is 5.97 Å². The van der Waals surface area contributed by atoms with Crippen molar-refractivity contribution in [3.63, 3.8) is 0 Å². The Morgan fingerprint density at radius 2 is 1.97 bits per heavy atom. The Morgan fingerprint density at radius 3 is 2.78 bits per heavy atom. The molecule has 4 aromatic rings. The molecule has 0 aliphatic heterocycles. The molecule has 0 N–H and O–H groups in total. The molecule has 6 heteroatoms. The number of fused-ring (bicyclic) bond motifs is 4. The van der Waals surface area contributed by atoms with Gasteiger partial charge in [0.25, 0.3) is 0 Å². The van der Waals surface area contributed by atoms with Crippen LogP contribution in [0.2, 0.25) is 0 Å². The second-order valence-corrected chi connectivity index (χ2v) is 10.3. The fourth-order valence-electron chi connectivity index (χ4n) is 6.71. The highest BCUT2D eigenvalue weighted by molar-refractivity contribution is 5.74. The van der Waals surface area contributed by atoms with Gasteiger partial charge in [-0.15, -0.1) is 0 Å². The molecule has 37 heavy (non-hydrogen) atoms. The van der Waals surface area contributed by atoms with Gasteiger partial charge < -0.3 is 9.26 Å². The van der Waals surface area contributed by atoms with E-state index in [1.807, 2.05) is 32.2 Å². The topological polar surface area (TPSA) is 78.1 Å². The van der Waals surface area contributed by atoms with E-state index in [4.69, 9.17) is 19.2 Å². The average molecular weight is 494 g/mol. The summed E-state index contributed by atoms with van der Waals surface area (Å²) in [7, 11) is 0. The minimum absolute atomic E-state index is 0.216. The van der Waals surface area contributed by atoms with E-state index in [2.05, 4.69) is 54.5 Å². The largest absolute Gasteiger partial charge is 0.466 e. The van der Waals surface area contributed by atoms with Crippen LogP contribution in [-0.2, 0) is 34.2 Å². The van der Waals surface area contributed by atoms with Crippen molar-refractivity contribution in [2.75, 3.05) is 6.61 Å². The molecule has 6 rings (SSSR count). The van der Waals surface area contributed by atoms with Gasteiger partial charge in [0.2, 0.25) is 0 Å². The molecular formula is C31H31N3O3. The normalized spacial score (nSPS) is 22.0. The molecule has 0 saturated carbocycles. The van der Waals surface area contributed by atoms with Crippen LogP contribution in [0.4, 0.5) is 0 Å². The van der Waals surface area contributed by atoms with Crippen molar-refractivity contribution in [1.82, 2.24) is 15.1 Å². The summed E-state index contributed by atoms with van der Waals surface area (Å²) in [5.41, 5.74) is 7.36. The molecule has 3 atom stereocenters. The summed E-state index contributed by atoms with van der Waals surface area (Å²) in [4.78, 5) is 22.3. The van der Waals surface area contributed by atoms with Gasteiger partial charge in [-0.1, -0.05) is 60.6 Å². The van der Waals surface area contributed by atoms with E-state index in [1.54, 1.807) is 0 Å². The first-order valence-corrected chi connectivity index (χ1v) is 13.1. The van der Waals surface area contributed by atoms with Crippen molar-refractivity contribution in [3.05, 3.63) is 100 Å². The van der Waals surface area contributed by atoms with Crippen LogP contribution >= 0.6 is 0 Å². The summed E-state index contributed by atoms with van der Waals surface area (Å²) in [6.07, 6.45) is 4.83. The molecular weight excluding hydrogens is 462 g/mol. The summed E-state index contributed by atoms with van der Waals surface area (Å²) in [6.45, 7) is 6.46. The molecule has 0 unspecified atom stereocenters. The van der Waals surface area contributed by atoms with Gasteiger partial charge in [-0.2, -0.15) is 0 Å². The number of aryl methyl sites for hydroxylation is 1. The number of benzene rings is 2. The van der Waals surface area contributed by atoms with Crippen LogP contribution in [0.15, 0.2) is 65.3 Å². The van der Waals surface area contributed by atoms with Crippen LogP contribution in [0.25, 0.3) is 11.3 Å². The molecule has 2 aliphatic rings. The second-order valence-electron chi connectivity index (χ2n) is 10.3. The molecule has 188 valence electrons. The van der Waals surface area contributed by atoms with Crippen molar-refractivity contribution in [3.8, 4) is 11.3 Å². The quantitative estimate of drug-likeness (QED) is 0.329. The Hall–Kier alpha value is -3.80. The second kappa shape index (κ2) is 9.25. The van der Waals surface area contributed by atoms with Gasteiger partial charge in [-0.3, -0.25) is 4.79 Å². The number of aromatic nitrogens is 3. The highest BCUT2D eigenvalue weighted by Crippen LogP contribution is 2.57. The molecule has 0 amide bonds. The molecule has 0 spiro atoms. The molecule has 2 aromatic carbocycles. The van der Waals surface area contributed by atoms with Gasteiger partial charge in [0.15, 0.2) is 0 Å². The number of carbonyl (C=O) groups excluding carboxylic acids is 1. The average Bonchev–Trinajstić information content (AvgIpc) is 3.38. The smallest absolute Gasteiger partial charge is 0.310 e. The van der Waals surface area contributed by atoms with Crippen molar-refractivity contribution in [2.24, 2.45) is 5.92 Å². The van der Waals surface area contributed by atoms with Crippen molar-refractivity contribution in [2.45, 2.75) is 57.8 Å². The summed E-state index contributed by atoms with van der Waals surface area (Å²) < 4.78 is 10.9. The minimum Gasteiger partial charge on any atom is -0.466 e. The zero-order valence-corrected chi connectivity index (χ0v) is 21.5. The Kier molecular flexibility index (Phi) is 5.90. The first-order chi connectivity index (χ1) is 18.0. The summed E-state index contributed by atoms with van der Waals surface area (Å²) >= 11 is 0. The summed E-state index contributed by atoms with van der Waals surface area (Å²) in [5, 5.41) is 4.18. The van der Waals surface area contributed by atoms with Gasteiger partial charge in [0.1, 0.15) is 11.6 Å². The van der Waals surface area contributed by atoms with E-state index in [0.29, 0.717) is 12.5 Å². The lowest BCUT2D eigenvalue weighted by Gasteiger charge is -2.50. The maximum atomic E-state index is 12.2. The van der Waals surface area contributed by atoms with Crippen molar-refractivity contribution >= 4 is 5.97 Å². The highest BCUT2D eigenvalue weighted by atomic mass is 16.5. The highest BCUT2D eigenvalue weighted by Gasteiger charge is 2.54. The number of esters is 1. The Balaban J connectivity index is 1.54. The number of nitrogens with zero attached hydrogens (tertiary/aromatic N) is 3. The SMILES string of the molecule is CCOC(=O)Cc1cccc(-c2nc(C)nc3c2CC[C@H]2[C@H](C)c4oncc4C[C@]32c2ccccc2)c1. The van der Waals surface area contributed by atoms with Crippen LogP contribution in [0.1, 0.15) is 65.7 Å². The third-order valence-corrected chi connectivity index (χ3v) is 8.19. The lowest BCUT2D eigenvalue weighted by Crippen LogP contribution is -2.48. The predicted molar refractivity (Wildman–Crippen MR) is 140 cm³/mol. The first-order valence-electron chi connectivity index (χ1n) is 13.1. The van der Waals surface area contributed by atoms with Crippen LogP contribution in [0.5, 0.6) is 0 Å². The maximum absolute atomic E-state index is 12.2. The first kappa shape index (κ1) is 23.6. The fourth-order valence-corrected chi connectivity index (χ4v) is 6.71. The van der Waals surface area contributed by atoms with Crippen molar-refractivity contribution < 1.29 is 14.1 Å². The molecule has 2 heterocycles. The molecule has 0 bridgehead atoms. The maximum Gasteiger partial charge on any atom is 0.310 e. The zero-order valence-electron chi connectivity index (χ0n) is 21.5. The van der Waals surface area contributed by atoms with E-state index >= 15 is 0 Å². The number of rotatable bonds is 5. The number of hydrogen-bond donors (Lipinski definition) is 0. The Morgan fingerprint density at radius 1 is 1.14 bits per heavy atom. The summed E-state index contributed by atoms with van der Waals surface area (Å²) in [5.74, 6) is 2.11. The standard InChI is InChI=1S/C31H31N3O3/c1-4-36-27(35)16-21-9-8-10-22(15-21)28-25-13-14-26-19(2)29-23(18-32-37-29)17-31(26,24-11-6-5-7-12-24)30(25)34-20(3)33-28/h5-12,15,18-19,26H,4,13-14,16-17H2,1-3H3/t19-,26-,31+/m0/s1. The minimum atomic E-state index is -0.294. The van der Waals surface area contributed by atoms with Crippen LogP contribution < -0.4 is 0 Å². The van der Waals surface area contributed by atoms with E-state index in [0.717, 1.165) is 58.9 Å². The Bertz CT molecular complexity index is 1460. The lowest BCUT2D eigenvalue weighted by atomic mass is 9.53. The third kappa shape index (κ3) is 3.86. The van der Waals surface area contributed by atoms with Crippen LogP contribution in [0, 0.1) is 12.8 Å². The van der Waals surface area contributed by atoms with Gasteiger partial charge in [-0.25, -0.2) is 9.97 Å². The van der Waals surface area contributed by atoms with Crippen LogP contribution in [0.3, 0.4) is 0 Å². The molecule has 2 aliphatic carbocycles. The van der Waals surface area contributed by atoms with Gasteiger partial charge in [0.05, 0.1) is 30.6 Å². The monoisotopic (exact) mass is 493 g/mol. The lowest BCUT2D eigenvalue weighted by molar-refractivity contribution is -0.142. The fraction of sp³-hybridized carbons (Fsp3) is 0.355. The molecule has 2 aromatic heterocycles. The van der Waals surface area contributed by atoms with E-state index in [-0.39, 0.29) is 23.7 Å².